The van der Waals surface area contributed by atoms with E-state index in [-0.39, 0.29) is 0 Å². The molecule has 1 heteroatoms. The Kier molecular flexibility index (Phi) is 4.67. The Morgan fingerprint density at radius 1 is 1.60 bits per heavy atom. The van der Waals surface area contributed by atoms with Crippen molar-refractivity contribution in [2.24, 2.45) is 11.8 Å². The van der Waals surface area contributed by atoms with E-state index in [2.05, 4.69) is 39.5 Å². The van der Waals surface area contributed by atoms with Crippen LogP contribution in [0.25, 0.3) is 0 Å². The minimum atomic E-state index is 0.618. The Hall–Kier alpha value is -0.980. The fourth-order valence-corrected chi connectivity index (χ4v) is 1.85. The zero-order chi connectivity index (χ0) is 11.3. The summed E-state index contributed by atoms with van der Waals surface area (Å²) in [4.78, 5) is 0. The summed E-state index contributed by atoms with van der Waals surface area (Å²) in [6.45, 7) is 11.0. The van der Waals surface area contributed by atoms with E-state index in [1.54, 1.807) is 6.08 Å². The van der Waals surface area contributed by atoms with Crippen molar-refractivity contribution in [2.45, 2.75) is 33.6 Å². The van der Waals surface area contributed by atoms with E-state index in [9.17, 15) is 0 Å². The predicted molar refractivity (Wildman–Crippen MR) is 65.6 cm³/mol. The molecule has 1 aliphatic carbocycles. The molecule has 1 aliphatic rings. The lowest BCUT2D eigenvalue weighted by atomic mass is 9.91. The SMILES string of the molecule is C=CCOC1=C(C)C=CC(C(C)C)CC1. The van der Waals surface area contributed by atoms with Gasteiger partial charge in [0.25, 0.3) is 0 Å². The zero-order valence-electron chi connectivity index (χ0n) is 10.1. The highest BCUT2D eigenvalue weighted by atomic mass is 16.5. The summed E-state index contributed by atoms with van der Waals surface area (Å²) in [7, 11) is 0. The van der Waals surface area contributed by atoms with Crippen LogP contribution in [0.4, 0.5) is 0 Å². The van der Waals surface area contributed by atoms with Gasteiger partial charge in [-0.2, -0.15) is 0 Å². The van der Waals surface area contributed by atoms with Gasteiger partial charge in [0, 0.05) is 6.42 Å². The second-order valence-corrected chi connectivity index (χ2v) is 4.51. The molecule has 0 spiro atoms. The van der Waals surface area contributed by atoms with Crippen LogP contribution in [-0.4, -0.2) is 6.61 Å². The summed E-state index contributed by atoms with van der Waals surface area (Å²) in [5, 5.41) is 0. The van der Waals surface area contributed by atoms with Crippen molar-refractivity contribution >= 4 is 0 Å². The second kappa shape index (κ2) is 5.79. The summed E-state index contributed by atoms with van der Waals surface area (Å²) < 4.78 is 5.66. The molecule has 0 N–H and O–H groups in total. The van der Waals surface area contributed by atoms with Crippen LogP contribution in [0.3, 0.4) is 0 Å². The molecule has 0 saturated carbocycles. The van der Waals surface area contributed by atoms with Gasteiger partial charge in [-0.05, 0) is 30.8 Å². The molecule has 0 heterocycles. The van der Waals surface area contributed by atoms with Gasteiger partial charge in [-0.3, -0.25) is 0 Å². The molecular formula is C14H22O. The maximum Gasteiger partial charge on any atom is 0.106 e. The lowest BCUT2D eigenvalue weighted by Crippen LogP contribution is -2.05. The Morgan fingerprint density at radius 2 is 2.33 bits per heavy atom. The minimum absolute atomic E-state index is 0.618. The first-order chi connectivity index (χ1) is 7.15. The number of allylic oxidation sites excluding steroid dienone is 4. The van der Waals surface area contributed by atoms with Crippen LogP contribution in [0.5, 0.6) is 0 Å². The molecule has 0 aromatic carbocycles. The first-order valence-electron chi connectivity index (χ1n) is 5.76. The van der Waals surface area contributed by atoms with E-state index in [0.29, 0.717) is 18.4 Å². The molecule has 0 aliphatic heterocycles. The predicted octanol–water partition coefficient (Wildman–Crippen LogP) is 4.09. The lowest BCUT2D eigenvalue weighted by molar-refractivity contribution is 0.227. The molecular weight excluding hydrogens is 184 g/mol. The highest BCUT2D eigenvalue weighted by Gasteiger charge is 2.15. The highest BCUT2D eigenvalue weighted by molar-refractivity contribution is 5.23. The van der Waals surface area contributed by atoms with Gasteiger partial charge in [-0.25, -0.2) is 0 Å². The molecule has 1 unspecified atom stereocenters. The Bertz CT molecular complexity index is 271. The molecule has 0 aromatic rings. The normalized spacial score (nSPS) is 21.7. The van der Waals surface area contributed by atoms with Crippen LogP contribution in [0.1, 0.15) is 33.6 Å². The van der Waals surface area contributed by atoms with Gasteiger partial charge >= 0.3 is 0 Å². The van der Waals surface area contributed by atoms with Crippen LogP contribution in [0.2, 0.25) is 0 Å². The quantitative estimate of drug-likeness (QED) is 0.630. The lowest BCUT2D eigenvalue weighted by Gasteiger charge is -2.15. The molecule has 0 bridgehead atoms. The van der Waals surface area contributed by atoms with E-state index >= 15 is 0 Å². The zero-order valence-corrected chi connectivity index (χ0v) is 10.1. The van der Waals surface area contributed by atoms with Crippen LogP contribution in [0.15, 0.2) is 36.1 Å². The van der Waals surface area contributed by atoms with Gasteiger partial charge in [0.1, 0.15) is 6.61 Å². The van der Waals surface area contributed by atoms with E-state index in [1.165, 1.54) is 12.0 Å². The first-order valence-corrected chi connectivity index (χ1v) is 5.76. The van der Waals surface area contributed by atoms with E-state index in [0.717, 1.165) is 12.2 Å². The van der Waals surface area contributed by atoms with Crippen molar-refractivity contribution in [3.8, 4) is 0 Å². The van der Waals surface area contributed by atoms with Crippen LogP contribution >= 0.6 is 0 Å². The summed E-state index contributed by atoms with van der Waals surface area (Å²) >= 11 is 0. The third-order valence-corrected chi connectivity index (χ3v) is 2.97. The van der Waals surface area contributed by atoms with Crippen molar-refractivity contribution < 1.29 is 4.74 Å². The average Bonchev–Trinajstić information content (AvgIpc) is 2.38. The Labute approximate surface area is 93.5 Å². The third-order valence-electron chi connectivity index (χ3n) is 2.97. The number of ether oxygens (including phenoxy) is 1. The van der Waals surface area contributed by atoms with Crippen molar-refractivity contribution in [2.75, 3.05) is 6.61 Å². The molecule has 0 aromatic heterocycles. The molecule has 1 rings (SSSR count). The Morgan fingerprint density at radius 3 is 2.93 bits per heavy atom. The molecule has 0 fully saturated rings. The fraction of sp³-hybridized carbons (Fsp3) is 0.571. The summed E-state index contributed by atoms with van der Waals surface area (Å²) in [5.41, 5.74) is 1.26. The molecule has 84 valence electrons. The van der Waals surface area contributed by atoms with Gasteiger partial charge in [-0.15, -0.1) is 0 Å². The maximum atomic E-state index is 5.66. The molecule has 0 radical (unpaired) electrons. The molecule has 0 saturated heterocycles. The molecule has 1 atom stereocenters. The number of rotatable bonds is 4. The van der Waals surface area contributed by atoms with E-state index in [4.69, 9.17) is 4.74 Å². The summed E-state index contributed by atoms with van der Waals surface area (Å²) in [6.07, 6.45) is 8.57. The second-order valence-electron chi connectivity index (χ2n) is 4.51. The highest BCUT2D eigenvalue weighted by Crippen LogP contribution is 2.27. The number of hydrogen-bond acceptors (Lipinski definition) is 1. The smallest absolute Gasteiger partial charge is 0.106 e. The van der Waals surface area contributed by atoms with Gasteiger partial charge in [0.05, 0.1) is 5.76 Å². The van der Waals surface area contributed by atoms with Gasteiger partial charge in [-0.1, -0.05) is 38.7 Å². The summed E-state index contributed by atoms with van der Waals surface area (Å²) in [6, 6.07) is 0. The largest absolute Gasteiger partial charge is 0.494 e. The van der Waals surface area contributed by atoms with E-state index in [1.807, 2.05) is 0 Å². The van der Waals surface area contributed by atoms with Crippen LogP contribution in [-0.2, 0) is 4.74 Å². The minimum Gasteiger partial charge on any atom is -0.494 e. The molecule has 15 heavy (non-hydrogen) atoms. The maximum absolute atomic E-state index is 5.66. The number of hydrogen-bond donors (Lipinski definition) is 0. The monoisotopic (exact) mass is 206 g/mol. The van der Waals surface area contributed by atoms with Crippen LogP contribution in [0, 0.1) is 11.8 Å². The van der Waals surface area contributed by atoms with Gasteiger partial charge < -0.3 is 4.74 Å². The standard InChI is InChI=1S/C14H22O/c1-5-10-15-14-9-8-13(11(2)3)7-6-12(14)4/h5-7,11,13H,1,8-10H2,2-4H3. The Balaban J connectivity index is 2.63. The molecule has 0 amide bonds. The van der Waals surface area contributed by atoms with Gasteiger partial charge in [0.2, 0.25) is 0 Å². The first kappa shape index (κ1) is 12.1. The molecule has 1 nitrogen and oxygen atoms in total. The third kappa shape index (κ3) is 3.58. The average molecular weight is 206 g/mol. The van der Waals surface area contributed by atoms with Crippen molar-refractivity contribution in [3.05, 3.63) is 36.1 Å². The summed E-state index contributed by atoms with van der Waals surface area (Å²) in [5.74, 6) is 2.53. The fourth-order valence-electron chi connectivity index (χ4n) is 1.85. The topological polar surface area (TPSA) is 9.23 Å². The van der Waals surface area contributed by atoms with Gasteiger partial charge in [0.15, 0.2) is 0 Å². The van der Waals surface area contributed by atoms with Crippen molar-refractivity contribution in [1.29, 1.82) is 0 Å². The van der Waals surface area contributed by atoms with Crippen LogP contribution < -0.4 is 0 Å². The van der Waals surface area contributed by atoms with Crippen molar-refractivity contribution in [1.82, 2.24) is 0 Å². The van der Waals surface area contributed by atoms with E-state index < -0.39 is 0 Å². The van der Waals surface area contributed by atoms with Crippen molar-refractivity contribution in [3.63, 3.8) is 0 Å².